The van der Waals surface area contributed by atoms with Crippen molar-refractivity contribution in [2.24, 2.45) is 7.05 Å². The second-order valence-electron chi connectivity index (χ2n) is 2.19. The summed E-state index contributed by atoms with van der Waals surface area (Å²) in [5.74, 6) is 0. The largest absolute Gasteiger partial charge is 0.387 e. The second kappa shape index (κ2) is 2.72. The molecule has 0 fully saturated rings. The van der Waals surface area contributed by atoms with Crippen LogP contribution in [0.5, 0.6) is 0 Å². The summed E-state index contributed by atoms with van der Waals surface area (Å²) in [6, 6.07) is 1.80. The van der Waals surface area contributed by atoms with E-state index in [-0.39, 0.29) is 0 Å². The van der Waals surface area contributed by atoms with Gasteiger partial charge < -0.3 is 5.11 Å². The Morgan fingerprint density at radius 2 is 2.40 bits per heavy atom. The van der Waals surface area contributed by atoms with Crippen LogP contribution < -0.4 is 0 Å². The molecule has 1 N–H and O–H groups in total. The van der Waals surface area contributed by atoms with E-state index in [1.165, 1.54) is 0 Å². The summed E-state index contributed by atoms with van der Waals surface area (Å²) in [6.07, 6.45) is -0.455. The molecule has 10 heavy (non-hydrogen) atoms. The van der Waals surface area contributed by atoms with E-state index < -0.39 is 6.10 Å². The van der Waals surface area contributed by atoms with Gasteiger partial charge in [-0.3, -0.25) is 4.68 Å². The first-order valence-electron chi connectivity index (χ1n) is 2.98. The molecule has 1 rings (SSSR count). The van der Waals surface area contributed by atoms with Gasteiger partial charge in [0.1, 0.15) is 4.60 Å². The van der Waals surface area contributed by atoms with Gasteiger partial charge in [0.2, 0.25) is 0 Å². The number of halogens is 1. The summed E-state index contributed by atoms with van der Waals surface area (Å²) < 4.78 is 2.40. The minimum atomic E-state index is -0.455. The highest BCUT2D eigenvalue weighted by molar-refractivity contribution is 9.10. The van der Waals surface area contributed by atoms with Crippen LogP contribution in [-0.4, -0.2) is 14.9 Å². The van der Waals surface area contributed by atoms with Crippen molar-refractivity contribution in [2.45, 2.75) is 13.0 Å². The van der Waals surface area contributed by atoms with Gasteiger partial charge in [0, 0.05) is 7.05 Å². The predicted molar refractivity (Wildman–Crippen MR) is 41.5 cm³/mol. The Labute approximate surface area is 67.8 Å². The summed E-state index contributed by atoms with van der Waals surface area (Å²) >= 11 is 3.21. The topological polar surface area (TPSA) is 38.1 Å². The Bertz CT molecular complexity index is 232. The first-order chi connectivity index (χ1) is 4.61. The lowest BCUT2D eigenvalue weighted by Gasteiger charge is -2.01. The van der Waals surface area contributed by atoms with E-state index in [0.29, 0.717) is 0 Å². The number of aryl methyl sites for hydroxylation is 1. The van der Waals surface area contributed by atoms with Gasteiger partial charge >= 0.3 is 0 Å². The zero-order chi connectivity index (χ0) is 7.72. The van der Waals surface area contributed by atoms with E-state index in [0.717, 1.165) is 10.3 Å². The van der Waals surface area contributed by atoms with Crippen molar-refractivity contribution in [1.82, 2.24) is 9.78 Å². The summed E-state index contributed by atoms with van der Waals surface area (Å²) in [6.45, 7) is 1.71. The molecule has 0 bridgehead atoms. The molecule has 1 heterocycles. The Kier molecular flexibility index (Phi) is 2.11. The van der Waals surface area contributed by atoms with Crippen LogP contribution in [0.1, 0.15) is 18.7 Å². The smallest absolute Gasteiger partial charge is 0.128 e. The zero-order valence-corrected chi connectivity index (χ0v) is 7.46. The molecule has 0 aliphatic heterocycles. The minimum absolute atomic E-state index is 0.455. The van der Waals surface area contributed by atoms with Crippen molar-refractivity contribution in [3.63, 3.8) is 0 Å². The summed E-state index contributed by atoms with van der Waals surface area (Å²) in [5, 5.41) is 13.1. The monoisotopic (exact) mass is 204 g/mol. The molecule has 1 aromatic rings. The van der Waals surface area contributed by atoms with Gasteiger partial charge in [0.15, 0.2) is 0 Å². The van der Waals surface area contributed by atoms with Crippen LogP contribution in [0.3, 0.4) is 0 Å². The van der Waals surface area contributed by atoms with E-state index in [4.69, 9.17) is 5.11 Å². The van der Waals surface area contributed by atoms with Crippen molar-refractivity contribution in [1.29, 1.82) is 0 Å². The van der Waals surface area contributed by atoms with Gasteiger partial charge in [-0.25, -0.2) is 0 Å². The van der Waals surface area contributed by atoms with E-state index >= 15 is 0 Å². The maximum Gasteiger partial charge on any atom is 0.128 e. The van der Waals surface area contributed by atoms with Gasteiger partial charge in [-0.2, -0.15) is 5.10 Å². The molecule has 0 aliphatic carbocycles. The quantitative estimate of drug-likeness (QED) is 0.748. The lowest BCUT2D eigenvalue weighted by atomic mass is 10.3. The Balaban J connectivity index is 3.03. The lowest BCUT2D eigenvalue weighted by molar-refractivity contribution is 0.189. The molecule has 0 unspecified atom stereocenters. The summed E-state index contributed by atoms with van der Waals surface area (Å²) in [7, 11) is 1.80. The molecule has 0 radical (unpaired) electrons. The first-order valence-corrected chi connectivity index (χ1v) is 3.78. The zero-order valence-electron chi connectivity index (χ0n) is 5.87. The number of rotatable bonds is 1. The molecule has 0 amide bonds. The molecule has 0 spiro atoms. The first kappa shape index (κ1) is 7.75. The maximum absolute atomic E-state index is 9.14. The molecule has 1 aromatic heterocycles. The Morgan fingerprint density at radius 3 is 2.60 bits per heavy atom. The third-order valence-electron chi connectivity index (χ3n) is 1.31. The summed E-state index contributed by atoms with van der Waals surface area (Å²) in [5.41, 5.74) is 0.812. The summed E-state index contributed by atoms with van der Waals surface area (Å²) in [4.78, 5) is 0. The molecular weight excluding hydrogens is 196 g/mol. The van der Waals surface area contributed by atoms with Gasteiger partial charge in [-0.15, -0.1) is 0 Å². The highest BCUT2D eigenvalue weighted by Gasteiger charge is 2.06. The fourth-order valence-electron chi connectivity index (χ4n) is 0.836. The number of nitrogens with zero attached hydrogens (tertiary/aromatic N) is 2. The van der Waals surface area contributed by atoms with Crippen molar-refractivity contribution >= 4 is 15.9 Å². The van der Waals surface area contributed by atoms with Crippen molar-refractivity contribution in [2.75, 3.05) is 0 Å². The van der Waals surface area contributed by atoms with E-state index in [9.17, 15) is 0 Å². The van der Waals surface area contributed by atoms with E-state index in [2.05, 4.69) is 21.0 Å². The minimum Gasteiger partial charge on any atom is -0.387 e. The molecule has 1 atom stereocenters. The number of hydrogen-bond donors (Lipinski definition) is 1. The fourth-order valence-corrected chi connectivity index (χ4v) is 1.31. The fraction of sp³-hybridized carbons (Fsp3) is 0.500. The average molecular weight is 205 g/mol. The van der Waals surface area contributed by atoms with Gasteiger partial charge in [-0.05, 0) is 28.9 Å². The molecule has 0 saturated carbocycles. The average Bonchev–Trinajstić information content (AvgIpc) is 2.10. The number of aliphatic hydroxyl groups is 1. The predicted octanol–water partition coefficient (Wildman–Crippen LogP) is 1.24. The van der Waals surface area contributed by atoms with Crippen molar-refractivity contribution in [3.8, 4) is 0 Å². The third-order valence-corrected chi connectivity index (χ3v) is 1.70. The van der Waals surface area contributed by atoms with Crippen molar-refractivity contribution < 1.29 is 5.11 Å². The van der Waals surface area contributed by atoms with E-state index in [1.807, 2.05) is 0 Å². The van der Waals surface area contributed by atoms with Crippen LogP contribution in [-0.2, 0) is 7.05 Å². The number of hydrogen-bond acceptors (Lipinski definition) is 2. The van der Waals surface area contributed by atoms with Crippen LogP contribution in [0.25, 0.3) is 0 Å². The normalized spacial score (nSPS) is 13.6. The Morgan fingerprint density at radius 1 is 1.80 bits per heavy atom. The number of aromatic nitrogens is 2. The standard InChI is InChI=1S/C6H9BrN2O/c1-4(10)5-3-6(7)8-9(5)2/h3-4,10H,1-2H3/t4-/m0/s1. The van der Waals surface area contributed by atoms with Gasteiger partial charge in [0.25, 0.3) is 0 Å². The second-order valence-corrected chi connectivity index (χ2v) is 3.00. The highest BCUT2D eigenvalue weighted by atomic mass is 79.9. The van der Waals surface area contributed by atoms with Crippen LogP contribution in [0.2, 0.25) is 0 Å². The molecule has 0 saturated heterocycles. The molecule has 0 aromatic carbocycles. The SMILES string of the molecule is C[C@H](O)c1cc(Br)nn1C. The molecule has 0 aliphatic rings. The van der Waals surface area contributed by atoms with Crippen LogP contribution in [0.4, 0.5) is 0 Å². The number of aliphatic hydroxyl groups excluding tert-OH is 1. The molecular formula is C6H9BrN2O. The van der Waals surface area contributed by atoms with Crippen LogP contribution in [0.15, 0.2) is 10.7 Å². The molecule has 4 heteroatoms. The molecule has 3 nitrogen and oxygen atoms in total. The van der Waals surface area contributed by atoms with E-state index in [1.54, 1.807) is 24.7 Å². The van der Waals surface area contributed by atoms with Gasteiger partial charge in [0.05, 0.1) is 11.8 Å². The maximum atomic E-state index is 9.14. The highest BCUT2D eigenvalue weighted by Crippen LogP contribution is 2.15. The van der Waals surface area contributed by atoms with Crippen LogP contribution in [0, 0.1) is 0 Å². The Hall–Kier alpha value is -0.350. The third kappa shape index (κ3) is 1.38. The van der Waals surface area contributed by atoms with Crippen molar-refractivity contribution in [3.05, 3.63) is 16.4 Å². The lowest BCUT2D eigenvalue weighted by Crippen LogP contribution is -2.00. The molecule has 56 valence electrons. The van der Waals surface area contributed by atoms with Crippen LogP contribution >= 0.6 is 15.9 Å². The van der Waals surface area contributed by atoms with Gasteiger partial charge in [-0.1, -0.05) is 0 Å².